The van der Waals surface area contributed by atoms with E-state index < -0.39 is 0 Å². The van der Waals surface area contributed by atoms with Crippen LogP contribution in [0.25, 0.3) is 0 Å². The van der Waals surface area contributed by atoms with Gasteiger partial charge in [0.2, 0.25) is 0 Å². The molecule has 0 atom stereocenters. The maximum atomic E-state index is 12.9. The molecular formula is C16H18BrN3O2. The van der Waals surface area contributed by atoms with Crippen LogP contribution in [0, 0.1) is 20.8 Å². The van der Waals surface area contributed by atoms with Gasteiger partial charge in [-0.2, -0.15) is 5.10 Å². The van der Waals surface area contributed by atoms with Crippen LogP contribution in [-0.4, -0.2) is 28.8 Å². The first-order valence-electron chi connectivity index (χ1n) is 7.15. The second-order valence-corrected chi connectivity index (χ2v) is 6.37. The zero-order chi connectivity index (χ0) is 16.0. The first kappa shape index (κ1) is 15.1. The number of amides is 1. The van der Waals surface area contributed by atoms with Crippen molar-refractivity contribution in [2.75, 3.05) is 18.1 Å². The minimum atomic E-state index is -0.0895. The van der Waals surface area contributed by atoms with E-state index in [1.807, 2.05) is 33.9 Å². The van der Waals surface area contributed by atoms with Gasteiger partial charge in [0.15, 0.2) is 5.69 Å². The van der Waals surface area contributed by atoms with Crippen molar-refractivity contribution in [1.29, 1.82) is 0 Å². The van der Waals surface area contributed by atoms with Crippen molar-refractivity contribution in [2.24, 2.45) is 7.05 Å². The highest BCUT2D eigenvalue weighted by atomic mass is 79.9. The summed E-state index contributed by atoms with van der Waals surface area (Å²) >= 11 is 3.45. The van der Waals surface area contributed by atoms with Gasteiger partial charge in [0, 0.05) is 12.6 Å². The van der Waals surface area contributed by atoms with Crippen LogP contribution in [0.1, 0.15) is 27.2 Å². The predicted molar refractivity (Wildman–Crippen MR) is 88.7 cm³/mol. The molecule has 0 aliphatic carbocycles. The summed E-state index contributed by atoms with van der Waals surface area (Å²) in [5.74, 6) is 0.700. The summed E-state index contributed by atoms with van der Waals surface area (Å²) in [6.45, 7) is 6.95. The quantitative estimate of drug-likeness (QED) is 0.781. The lowest BCUT2D eigenvalue weighted by atomic mass is 10.1. The van der Waals surface area contributed by atoms with Gasteiger partial charge in [0.1, 0.15) is 17.0 Å². The van der Waals surface area contributed by atoms with E-state index in [1.54, 1.807) is 9.58 Å². The van der Waals surface area contributed by atoms with Crippen LogP contribution < -0.4 is 9.64 Å². The monoisotopic (exact) mass is 363 g/mol. The van der Waals surface area contributed by atoms with Gasteiger partial charge >= 0.3 is 0 Å². The van der Waals surface area contributed by atoms with E-state index in [0.717, 1.165) is 32.7 Å². The van der Waals surface area contributed by atoms with E-state index in [4.69, 9.17) is 4.74 Å². The molecule has 0 saturated heterocycles. The number of aryl methyl sites for hydroxylation is 3. The SMILES string of the molecule is Cc1cc(C)c2c(c1)N(C(=O)c1nn(C)c(Br)c1C)CCO2. The number of hydrogen-bond donors (Lipinski definition) is 0. The molecule has 1 aliphatic rings. The number of aromatic nitrogens is 2. The Morgan fingerprint density at radius 1 is 1.32 bits per heavy atom. The van der Waals surface area contributed by atoms with Crippen molar-refractivity contribution >= 4 is 27.5 Å². The van der Waals surface area contributed by atoms with E-state index >= 15 is 0 Å². The highest BCUT2D eigenvalue weighted by Gasteiger charge is 2.29. The van der Waals surface area contributed by atoms with Gasteiger partial charge in [0.25, 0.3) is 5.91 Å². The zero-order valence-corrected chi connectivity index (χ0v) is 14.7. The van der Waals surface area contributed by atoms with Crippen molar-refractivity contribution in [3.05, 3.63) is 39.1 Å². The fraction of sp³-hybridized carbons (Fsp3) is 0.375. The minimum Gasteiger partial charge on any atom is -0.489 e. The molecular weight excluding hydrogens is 346 g/mol. The standard InChI is InChI=1S/C16H18BrN3O2/c1-9-7-10(2)14-12(8-9)20(5-6-22-14)16(21)13-11(3)15(17)19(4)18-13/h7-8H,5-6H2,1-4H3. The van der Waals surface area contributed by atoms with Crippen LogP contribution in [0.5, 0.6) is 5.75 Å². The maximum absolute atomic E-state index is 12.9. The summed E-state index contributed by atoms with van der Waals surface area (Å²) in [6, 6.07) is 4.06. The van der Waals surface area contributed by atoms with Crippen LogP contribution in [0.4, 0.5) is 5.69 Å². The molecule has 2 aromatic rings. The predicted octanol–water partition coefficient (Wildman–Crippen LogP) is 3.15. The Labute approximate surface area is 138 Å². The van der Waals surface area contributed by atoms with Crippen LogP contribution in [0.15, 0.2) is 16.7 Å². The van der Waals surface area contributed by atoms with Crippen molar-refractivity contribution < 1.29 is 9.53 Å². The van der Waals surface area contributed by atoms with Gasteiger partial charge in [-0.3, -0.25) is 9.48 Å². The van der Waals surface area contributed by atoms with Crippen LogP contribution in [0.2, 0.25) is 0 Å². The second-order valence-electron chi connectivity index (χ2n) is 5.62. The topological polar surface area (TPSA) is 47.4 Å². The van der Waals surface area contributed by atoms with Crippen molar-refractivity contribution in [3.63, 3.8) is 0 Å². The van der Waals surface area contributed by atoms with Gasteiger partial charge < -0.3 is 9.64 Å². The molecule has 0 unspecified atom stereocenters. The Kier molecular flexibility index (Phi) is 3.72. The molecule has 6 heteroatoms. The normalized spacial score (nSPS) is 13.8. The lowest BCUT2D eigenvalue weighted by Gasteiger charge is -2.30. The highest BCUT2D eigenvalue weighted by Crippen LogP contribution is 2.37. The first-order valence-corrected chi connectivity index (χ1v) is 7.94. The summed E-state index contributed by atoms with van der Waals surface area (Å²) < 4.78 is 8.25. The Morgan fingerprint density at radius 3 is 2.68 bits per heavy atom. The molecule has 0 spiro atoms. The molecule has 0 radical (unpaired) electrons. The minimum absolute atomic E-state index is 0.0895. The molecule has 1 amide bonds. The van der Waals surface area contributed by atoms with Crippen LogP contribution in [-0.2, 0) is 7.05 Å². The molecule has 3 rings (SSSR count). The number of benzene rings is 1. The van der Waals surface area contributed by atoms with E-state index in [9.17, 15) is 4.79 Å². The number of anilines is 1. The van der Waals surface area contributed by atoms with Gasteiger partial charge in [-0.05, 0) is 53.9 Å². The van der Waals surface area contributed by atoms with Gasteiger partial charge in [-0.15, -0.1) is 0 Å². The number of carbonyl (C=O) groups is 1. The van der Waals surface area contributed by atoms with E-state index in [2.05, 4.69) is 27.1 Å². The molecule has 0 bridgehead atoms. The van der Waals surface area contributed by atoms with Crippen molar-refractivity contribution in [3.8, 4) is 5.75 Å². The molecule has 22 heavy (non-hydrogen) atoms. The Balaban J connectivity index is 2.07. The fourth-order valence-corrected chi connectivity index (χ4v) is 3.10. The summed E-state index contributed by atoms with van der Waals surface area (Å²) in [7, 11) is 1.81. The molecule has 0 N–H and O–H groups in total. The largest absolute Gasteiger partial charge is 0.489 e. The van der Waals surface area contributed by atoms with E-state index in [-0.39, 0.29) is 5.91 Å². The number of hydrogen-bond acceptors (Lipinski definition) is 3. The third-order valence-corrected chi connectivity index (χ3v) is 5.01. The number of rotatable bonds is 1. The zero-order valence-electron chi connectivity index (χ0n) is 13.1. The Bertz CT molecular complexity index is 767. The molecule has 2 heterocycles. The number of ether oxygens (including phenoxy) is 1. The summed E-state index contributed by atoms with van der Waals surface area (Å²) in [6.07, 6.45) is 0. The second kappa shape index (κ2) is 5.43. The molecule has 116 valence electrons. The molecule has 1 aliphatic heterocycles. The van der Waals surface area contributed by atoms with E-state index in [1.165, 1.54) is 0 Å². The maximum Gasteiger partial charge on any atom is 0.279 e. The number of nitrogens with zero attached hydrogens (tertiary/aromatic N) is 3. The summed E-state index contributed by atoms with van der Waals surface area (Å²) in [5, 5.41) is 4.34. The molecule has 1 aromatic heterocycles. The Morgan fingerprint density at radius 2 is 2.05 bits per heavy atom. The molecule has 0 saturated carbocycles. The average molecular weight is 364 g/mol. The summed E-state index contributed by atoms with van der Waals surface area (Å²) in [4.78, 5) is 14.7. The number of halogens is 1. The lowest BCUT2D eigenvalue weighted by Crippen LogP contribution is -2.38. The third kappa shape index (κ3) is 2.31. The smallest absolute Gasteiger partial charge is 0.279 e. The molecule has 5 nitrogen and oxygen atoms in total. The summed E-state index contributed by atoms with van der Waals surface area (Å²) in [5.41, 5.74) is 4.31. The third-order valence-electron chi connectivity index (χ3n) is 3.90. The number of carbonyl (C=O) groups excluding carboxylic acids is 1. The van der Waals surface area contributed by atoms with Crippen molar-refractivity contribution in [2.45, 2.75) is 20.8 Å². The first-order chi connectivity index (χ1) is 10.4. The molecule has 1 aromatic carbocycles. The average Bonchev–Trinajstić information content (AvgIpc) is 2.73. The van der Waals surface area contributed by atoms with Crippen LogP contribution >= 0.6 is 15.9 Å². The van der Waals surface area contributed by atoms with Crippen molar-refractivity contribution in [1.82, 2.24) is 9.78 Å². The van der Waals surface area contributed by atoms with Gasteiger partial charge in [-0.1, -0.05) is 6.07 Å². The fourth-order valence-electron chi connectivity index (χ4n) is 2.83. The Hall–Kier alpha value is -1.82. The lowest BCUT2D eigenvalue weighted by molar-refractivity contribution is 0.0970. The molecule has 0 fully saturated rings. The van der Waals surface area contributed by atoms with Gasteiger partial charge in [-0.25, -0.2) is 0 Å². The van der Waals surface area contributed by atoms with Gasteiger partial charge in [0.05, 0.1) is 12.2 Å². The van der Waals surface area contributed by atoms with E-state index in [0.29, 0.717) is 18.8 Å². The number of fused-ring (bicyclic) bond motifs is 1. The van der Waals surface area contributed by atoms with Crippen LogP contribution in [0.3, 0.4) is 0 Å². The highest BCUT2D eigenvalue weighted by molar-refractivity contribution is 9.10.